The molecular weight excluding hydrogens is 406 g/mol. The monoisotopic (exact) mass is 435 g/mol. The van der Waals surface area contributed by atoms with Crippen LogP contribution in [-0.2, 0) is 6.54 Å². The van der Waals surface area contributed by atoms with Crippen LogP contribution in [0.5, 0.6) is 0 Å². The Morgan fingerprint density at radius 1 is 0.938 bits per heavy atom. The molecule has 0 atom stereocenters. The predicted octanol–water partition coefficient (Wildman–Crippen LogP) is 2.89. The molecule has 0 aliphatic carbocycles. The van der Waals surface area contributed by atoms with E-state index >= 15 is 0 Å². The van der Waals surface area contributed by atoms with Crippen LogP contribution in [0.4, 0.5) is 0 Å². The summed E-state index contributed by atoms with van der Waals surface area (Å²) in [5.41, 5.74) is 6.20. The molecule has 32 heavy (non-hydrogen) atoms. The maximum Gasteiger partial charge on any atom is 0.290 e. The standard InChI is InChI=1S/C24H29N5O3/c1-5-28(6-2)15-17-11-13-18(14-12-17)22(30)25-26-23(31)21-19-9-7-8-10-20(19)24(32)29(27-21)16(3)4/h7-14,16H,5-6,15H2,1-4H3,(H,25,30)(H,26,31). The summed E-state index contributed by atoms with van der Waals surface area (Å²) < 4.78 is 1.27. The Morgan fingerprint density at radius 3 is 2.12 bits per heavy atom. The summed E-state index contributed by atoms with van der Waals surface area (Å²) in [5, 5.41) is 5.07. The Labute approximate surface area is 187 Å². The van der Waals surface area contributed by atoms with Gasteiger partial charge in [-0.25, -0.2) is 4.68 Å². The Morgan fingerprint density at radius 2 is 1.53 bits per heavy atom. The summed E-state index contributed by atoms with van der Waals surface area (Å²) in [6, 6.07) is 13.8. The van der Waals surface area contributed by atoms with Crippen LogP contribution in [-0.4, -0.2) is 39.6 Å². The second-order valence-electron chi connectivity index (χ2n) is 7.80. The van der Waals surface area contributed by atoms with E-state index in [2.05, 4.69) is 34.7 Å². The lowest BCUT2D eigenvalue weighted by Gasteiger charge is -2.18. The zero-order valence-corrected chi connectivity index (χ0v) is 18.9. The molecular formula is C24H29N5O3. The fraction of sp³-hybridized carbons (Fsp3) is 0.333. The number of hydrogen-bond acceptors (Lipinski definition) is 5. The van der Waals surface area contributed by atoms with Crippen molar-refractivity contribution in [3.63, 3.8) is 0 Å². The van der Waals surface area contributed by atoms with Gasteiger partial charge in [-0.05, 0) is 50.7 Å². The number of carbonyl (C=O) groups excluding carboxylic acids is 2. The van der Waals surface area contributed by atoms with E-state index in [0.717, 1.165) is 25.2 Å². The first-order valence-electron chi connectivity index (χ1n) is 10.8. The SMILES string of the molecule is CCN(CC)Cc1ccc(C(=O)NNC(=O)c2nn(C(C)C)c(=O)c3ccccc23)cc1. The highest BCUT2D eigenvalue weighted by molar-refractivity contribution is 6.06. The summed E-state index contributed by atoms with van der Waals surface area (Å²) in [6.45, 7) is 10.6. The largest absolute Gasteiger partial charge is 0.300 e. The van der Waals surface area contributed by atoms with E-state index < -0.39 is 11.8 Å². The van der Waals surface area contributed by atoms with Crippen molar-refractivity contribution in [2.24, 2.45) is 0 Å². The fourth-order valence-electron chi connectivity index (χ4n) is 3.44. The van der Waals surface area contributed by atoms with Crippen LogP contribution < -0.4 is 16.4 Å². The second-order valence-corrected chi connectivity index (χ2v) is 7.80. The van der Waals surface area contributed by atoms with Crippen LogP contribution in [0.1, 0.15) is 60.1 Å². The maximum absolute atomic E-state index is 12.8. The number of benzene rings is 2. The molecule has 0 radical (unpaired) electrons. The average Bonchev–Trinajstić information content (AvgIpc) is 2.81. The van der Waals surface area contributed by atoms with E-state index in [1.54, 1.807) is 36.4 Å². The number of amides is 2. The van der Waals surface area contributed by atoms with Crippen molar-refractivity contribution >= 4 is 22.6 Å². The number of nitrogens with one attached hydrogen (secondary N) is 2. The third-order valence-electron chi connectivity index (χ3n) is 5.34. The first kappa shape index (κ1) is 23.1. The molecule has 0 saturated carbocycles. The highest BCUT2D eigenvalue weighted by Gasteiger charge is 2.18. The lowest BCUT2D eigenvalue weighted by Crippen LogP contribution is -2.43. The summed E-state index contributed by atoms with van der Waals surface area (Å²) >= 11 is 0. The topological polar surface area (TPSA) is 96.3 Å². The van der Waals surface area contributed by atoms with E-state index in [1.165, 1.54) is 4.68 Å². The first-order valence-corrected chi connectivity index (χ1v) is 10.8. The van der Waals surface area contributed by atoms with Crippen molar-refractivity contribution in [2.75, 3.05) is 13.1 Å². The molecule has 0 fully saturated rings. The van der Waals surface area contributed by atoms with Crippen LogP contribution in [0.3, 0.4) is 0 Å². The van der Waals surface area contributed by atoms with Gasteiger partial charge in [0.15, 0.2) is 5.69 Å². The van der Waals surface area contributed by atoms with Gasteiger partial charge in [0.25, 0.3) is 17.4 Å². The average molecular weight is 436 g/mol. The van der Waals surface area contributed by atoms with Crippen molar-refractivity contribution in [3.05, 3.63) is 75.7 Å². The van der Waals surface area contributed by atoms with Gasteiger partial charge in [0, 0.05) is 17.5 Å². The normalized spacial score (nSPS) is 11.2. The van der Waals surface area contributed by atoms with Gasteiger partial charge in [0.1, 0.15) is 0 Å². The number of fused-ring (bicyclic) bond motifs is 1. The number of aromatic nitrogens is 2. The third-order valence-corrected chi connectivity index (χ3v) is 5.34. The number of nitrogens with zero attached hydrogens (tertiary/aromatic N) is 3. The van der Waals surface area contributed by atoms with Crippen LogP contribution >= 0.6 is 0 Å². The van der Waals surface area contributed by atoms with E-state index in [1.807, 2.05) is 26.0 Å². The first-order chi connectivity index (χ1) is 15.3. The Bertz CT molecular complexity index is 1160. The van der Waals surface area contributed by atoms with Gasteiger partial charge in [0.05, 0.1) is 11.4 Å². The lowest BCUT2D eigenvalue weighted by molar-refractivity contribution is 0.0843. The molecule has 1 aromatic heterocycles. The van der Waals surface area contributed by atoms with E-state index in [9.17, 15) is 14.4 Å². The van der Waals surface area contributed by atoms with Crippen LogP contribution in [0, 0.1) is 0 Å². The smallest absolute Gasteiger partial charge is 0.290 e. The quantitative estimate of drug-likeness (QED) is 0.557. The Balaban J connectivity index is 1.74. The molecule has 3 aromatic rings. The van der Waals surface area contributed by atoms with Crippen molar-refractivity contribution in [3.8, 4) is 0 Å². The molecule has 168 valence electrons. The molecule has 8 heteroatoms. The van der Waals surface area contributed by atoms with Crippen LogP contribution in [0.2, 0.25) is 0 Å². The van der Waals surface area contributed by atoms with Crippen LogP contribution in [0.25, 0.3) is 10.8 Å². The molecule has 3 rings (SSSR count). The Hall–Kier alpha value is -3.52. The molecule has 0 unspecified atom stereocenters. The molecule has 0 saturated heterocycles. The van der Waals surface area contributed by atoms with Gasteiger partial charge in [-0.2, -0.15) is 5.10 Å². The van der Waals surface area contributed by atoms with Gasteiger partial charge in [-0.3, -0.25) is 30.1 Å². The van der Waals surface area contributed by atoms with Gasteiger partial charge >= 0.3 is 0 Å². The molecule has 2 N–H and O–H groups in total. The zero-order valence-electron chi connectivity index (χ0n) is 18.9. The van der Waals surface area contributed by atoms with Crippen molar-refractivity contribution < 1.29 is 9.59 Å². The molecule has 0 aliphatic heterocycles. The van der Waals surface area contributed by atoms with Gasteiger partial charge in [0.2, 0.25) is 0 Å². The maximum atomic E-state index is 12.8. The molecule has 2 aromatic carbocycles. The predicted molar refractivity (Wildman–Crippen MR) is 124 cm³/mol. The molecule has 0 bridgehead atoms. The minimum Gasteiger partial charge on any atom is -0.300 e. The second kappa shape index (κ2) is 10.2. The minimum atomic E-state index is -0.595. The van der Waals surface area contributed by atoms with Gasteiger partial charge < -0.3 is 0 Å². The lowest BCUT2D eigenvalue weighted by atomic mass is 10.1. The number of hydrogen-bond donors (Lipinski definition) is 2. The molecule has 1 heterocycles. The van der Waals surface area contributed by atoms with E-state index in [-0.39, 0.29) is 17.3 Å². The van der Waals surface area contributed by atoms with Crippen molar-refractivity contribution in [1.29, 1.82) is 0 Å². The van der Waals surface area contributed by atoms with Crippen molar-refractivity contribution in [1.82, 2.24) is 25.5 Å². The molecule has 8 nitrogen and oxygen atoms in total. The van der Waals surface area contributed by atoms with Gasteiger partial charge in [-0.1, -0.05) is 44.2 Å². The minimum absolute atomic E-state index is 0.0729. The Kier molecular flexibility index (Phi) is 7.37. The highest BCUT2D eigenvalue weighted by Crippen LogP contribution is 2.14. The highest BCUT2D eigenvalue weighted by atomic mass is 16.2. The number of carbonyl (C=O) groups is 2. The molecule has 0 aliphatic rings. The summed E-state index contributed by atoms with van der Waals surface area (Å²) in [6.07, 6.45) is 0. The number of hydrazine groups is 1. The summed E-state index contributed by atoms with van der Waals surface area (Å²) in [4.78, 5) is 40.2. The zero-order chi connectivity index (χ0) is 23.3. The van der Waals surface area contributed by atoms with Crippen molar-refractivity contribution in [2.45, 2.75) is 40.3 Å². The third kappa shape index (κ3) is 5.03. The summed E-state index contributed by atoms with van der Waals surface area (Å²) in [5.74, 6) is -1.03. The van der Waals surface area contributed by atoms with Crippen LogP contribution in [0.15, 0.2) is 53.3 Å². The van der Waals surface area contributed by atoms with E-state index in [0.29, 0.717) is 16.3 Å². The van der Waals surface area contributed by atoms with E-state index in [4.69, 9.17) is 0 Å². The fourth-order valence-corrected chi connectivity index (χ4v) is 3.44. The van der Waals surface area contributed by atoms with Gasteiger partial charge in [-0.15, -0.1) is 0 Å². The molecule has 0 spiro atoms. The molecule has 2 amide bonds. The number of rotatable bonds is 7. The summed E-state index contributed by atoms with van der Waals surface area (Å²) in [7, 11) is 0.